The number of aliphatic hydroxyl groups excluding tert-OH is 1. The number of esters is 2. The molecule has 4 bridgehead atoms. The smallest absolute Gasteiger partial charge is 0.342 e. The number of ketones is 1. The van der Waals surface area contributed by atoms with Gasteiger partial charge in [-0.05, 0) is 106 Å². The van der Waals surface area contributed by atoms with Crippen LogP contribution in [-0.2, 0) is 32.7 Å². The molecule has 7 atom stereocenters. The fraction of sp³-hybridized carbons (Fsp3) is 0.738. The molecule has 0 aromatic carbocycles. The lowest BCUT2D eigenvalue weighted by Crippen LogP contribution is -2.53. The van der Waals surface area contributed by atoms with Gasteiger partial charge in [-0.25, -0.2) is 9.59 Å². The molecule has 0 radical (unpaired) electrons. The van der Waals surface area contributed by atoms with E-state index in [1.165, 1.54) is 0 Å². The molecule has 2 heterocycles. The number of carbonyl (C=O) groups is 3. The molecular weight excluding hydrogens is 705 g/mol. The maximum Gasteiger partial charge on any atom is 0.342 e. The zero-order valence-corrected chi connectivity index (χ0v) is 36.2. The molecule has 9 nitrogen and oxygen atoms in total. The first kappa shape index (κ1) is 43.7. The third-order valence-corrected chi connectivity index (χ3v) is 22.5. The number of rotatable bonds is 20. The predicted octanol–water partition coefficient (Wildman–Crippen LogP) is 8.84. The second kappa shape index (κ2) is 17.4. The Hall–Kier alpha value is -2.00. The quantitative estimate of drug-likeness (QED) is 0.0410. The number of unbranched alkanes of at least 4 members (excludes halogenated alkanes) is 3. The highest BCUT2D eigenvalue weighted by Gasteiger charge is 2.71. The second-order valence-corrected chi connectivity index (χ2v) is 26.9. The molecule has 1 fully saturated rings. The normalized spacial score (nSPS) is 29.5. The van der Waals surface area contributed by atoms with Crippen LogP contribution in [0.15, 0.2) is 47.1 Å². The zero-order valence-electron chi connectivity index (χ0n) is 34.2. The molecule has 2 N–H and O–H groups in total. The van der Waals surface area contributed by atoms with E-state index in [-0.39, 0.29) is 47.3 Å². The number of carbonyl (C=O) groups excluding carboxylic acids is 3. The summed E-state index contributed by atoms with van der Waals surface area (Å²) in [6, 6.07) is 2.63. The third-order valence-electron chi connectivity index (χ3n) is 13.3. The van der Waals surface area contributed by atoms with Crippen LogP contribution in [0.1, 0.15) is 113 Å². The molecule has 2 aliphatic carbocycles. The molecular formula is C42H68O9Si2. The summed E-state index contributed by atoms with van der Waals surface area (Å²) in [6.45, 7) is 21.1. The number of allylic oxidation sites excluding steroid dienone is 5. The Morgan fingerprint density at radius 2 is 1.66 bits per heavy atom. The summed E-state index contributed by atoms with van der Waals surface area (Å²) in [5, 5.41) is 24.7. The van der Waals surface area contributed by atoms with Crippen LogP contribution in [0.25, 0.3) is 0 Å². The van der Waals surface area contributed by atoms with Gasteiger partial charge < -0.3 is 28.5 Å². The van der Waals surface area contributed by atoms with Crippen LogP contribution in [0.5, 0.6) is 0 Å². The Labute approximate surface area is 320 Å². The maximum atomic E-state index is 14.2. The van der Waals surface area contributed by atoms with Crippen LogP contribution in [0.4, 0.5) is 0 Å². The number of Topliss-reactive ketones (excluding diaryl/α,β-unsaturated/α-hetero) is 1. The summed E-state index contributed by atoms with van der Waals surface area (Å²) in [5.41, 5.74) is -0.527. The fourth-order valence-electron chi connectivity index (χ4n) is 8.77. The Balaban J connectivity index is 1.90. The van der Waals surface area contributed by atoms with Crippen molar-refractivity contribution in [3.8, 4) is 0 Å². The van der Waals surface area contributed by atoms with E-state index >= 15 is 0 Å². The molecule has 0 aromatic heterocycles. The van der Waals surface area contributed by atoms with Crippen LogP contribution in [0, 0.1) is 23.2 Å². The number of hydrogen-bond donors (Lipinski definition) is 2. The predicted molar refractivity (Wildman–Crippen MR) is 213 cm³/mol. The van der Waals surface area contributed by atoms with Gasteiger partial charge in [-0.3, -0.25) is 4.79 Å². The maximum absolute atomic E-state index is 14.2. The Morgan fingerprint density at radius 1 is 1.02 bits per heavy atom. The average molecular weight is 773 g/mol. The van der Waals surface area contributed by atoms with Crippen molar-refractivity contribution in [2.75, 3.05) is 6.61 Å². The molecule has 53 heavy (non-hydrogen) atoms. The summed E-state index contributed by atoms with van der Waals surface area (Å²) in [5.74, 6) is -5.46. The SMILES string of the molecule is C/C=C/CCCCC[C@@H]1C=C2[C@@]3(CO[Si](CC)(CC)CC)CC4=C(C(=O)OC4=O)[C@H]([C@H]1C[C@@H](O[Si](C)(C)C(C)(C)C)C(=O)CC/C=C/C)[C@@]2(O)O[C@@H]3O. The van der Waals surface area contributed by atoms with Gasteiger partial charge in [0, 0.05) is 18.6 Å². The molecule has 0 amide bonds. The van der Waals surface area contributed by atoms with E-state index in [0.717, 1.165) is 50.2 Å². The van der Waals surface area contributed by atoms with Crippen LogP contribution in [0.2, 0.25) is 36.3 Å². The molecule has 11 heteroatoms. The zero-order chi connectivity index (χ0) is 39.4. The summed E-state index contributed by atoms with van der Waals surface area (Å²) >= 11 is 0. The molecule has 0 unspecified atom stereocenters. The second-order valence-electron chi connectivity index (χ2n) is 17.4. The van der Waals surface area contributed by atoms with E-state index in [9.17, 15) is 24.6 Å². The van der Waals surface area contributed by atoms with Crippen molar-refractivity contribution < 1.29 is 42.9 Å². The van der Waals surface area contributed by atoms with Gasteiger partial charge in [0.15, 0.2) is 34.5 Å². The molecule has 0 aromatic rings. The van der Waals surface area contributed by atoms with Gasteiger partial charge in [-0.15, -0.1) is 0 Å². The van der Waals surface area contributed by atoms with Crippen LogP contribution < -0.4 is 0 Å². The van der Waals surface area contributed by atoms with E-state index in [0.29, 0.717) is 18.4 Å². The standard InChI is InChI=1S/C42H68O9Si2/c1-11-16-18-19-20-22-23-29-25-34-41(28-48-53(13-3,14-4)15-5)27-31-35(38(45)49-37(31)44)36(42(34,47)50-39(41)46)30(29)26-33(32(43)24-21-17-12-2)51-52(9,10)40(6,7)8/h11-12,16-17,25,29-30,33,36,39,46-47H,13-15,18-24,26-28H2,1-10H3/b16-11+,17-12+/t29-,30+,33-,36+,39+,41+,42+/m1/s1. The third kappa shape index (κ3) is 8.71. The Bertz CT molecular complexity index is 1460. The van der Waals surface area contributed by atoms with Gasteiger partial charge in [-0.2, -0.15) is 0 Å². The molecule has 1 saturated heterocycles. The first-order chi connectivity index (χ1) is 24.9. The molecule has 298 valence electrons. The minimum Gasteiger partial charge on any atom is -0.416 e. The van der Waals surface area contributed by atoms with Crippen LogP contribution in [0.3, 0.4) is 0 Å². The lowest BCUT2D eigenvalue weighted by molar-refractivity contribution is -0.266. The minimum absolute atomic E-state index is 0.0252. The topological polar surface area (TPSA) is 129 Å². The highest BCUT2D eigenvalue weighted by atomic mass is 28.4. The first-order valence-electron chi connectivity index (χ1n) is 20.3. The fourth-order valence-corrected chi connectivity index (χ4v) is 12.7. The minimum atomic E-state index is -2.49. The summed E-state index contributed by atoms with van der Waals surface area (Å²) in [6.07, 6.45) is 13.6. The van der Waals surface area contributed by atoms with Gasteiger partial charge in [0.25, 0.3) is 0 Å². The van der Waals surface area contributed by atoms with E-state index in [1.807, 2.05) is 26.0 Å². The highest BCUT2D eigenvalue weighted by Crippen LogP contribution is 2.64. The average Bonchev–Trinajstić information content (AvgIpc) is 3.46. The number of ether oxygens (including phenoxy) is 2. The number of fused-ring (bicyclic) bond motifs is 1. The van der Waals surface area contributed by atoms with Crippen molar-refractivity contribution >= 4 is 34.4 Å². The number of aliphatic hydroxyl groups is 2. The van der Waals surface area contributed by atoms with Gasteiger partial charge in [0.1, 0.15) is 6.10 Å². The van der Waals surface area contributed by atoms with Crippen LogP contribution >= 0.6 is 0 Å². The summed E-state index contributed by atoms with van der Waals surface area (Å²) in [4.78, 5) is 41.6. The van der Waals surface area contributed by atoms with Crippen molar-refractivity contribution in [3.05, 3.63) is 47.1 Å². The van der Waals surface area contributed by atoms with Crippen molar-refractivity contribution in [1.29, 1.82) is 0 Å². The van der Waals surface area contributed by atoms with E-state index in [4.69, 9.17) is 18.3 Å². The largest absolute Gasteiger partial charge is 0.416 e. The van der Waals surface area contributed by atoms with Crippen molar-refractivity contribution in [1.82, 2.24) is 0 Å². The summed E-state index contributed by atoms with van der Waals surface area (Å²) in [7, 11) is -4.70. The van der Waals surface area contributed by atoms with E-state index in [1.54, 1.807) is 0 Å². The molecule has 0 spiro atoms. The van der Waals surface area contributed by atoms with Crippen LogP contribution in [-0.4, -0.2) is 69.4 Å². The van der Waals surface area contributed by atoms with Crippen molar-refractivity contribution in [2.24, 2.45) is 23.2 Å². The lowest BCUT2D eigenvalue weighted by Gasteiger charge is -2.47. The molecule has 4 rings (SSSR count). The summed E-state index contributed by atoms with van der Waals surface area (Å²) < 4.78 is 25.4. The van der Waals surface area contributed by atoms with Gasteiger partial charge >= 0.3 is 11.9 Å². The number of hydrogen-bond acceptors (Lipinski definition) is 9. The molecule has 0 saturated carbocycles. The number of cyclic esters (lactones) is 2. The van der Waals surface area contributed by atoms with E-state index in [2.05, 4.69) is 72.9 Å². The molecule has 2 aliphatic heterocycles. The van der Waals surface area contributed by atoms with E-state index < -0.39 is 64.0 Å². The Morgan fingerprint density at radius 3 is 2.26 bits per heavy atom. The monoisotopic (exact) mass is 772 g/mol. The Kier molecular flexibility index (Phi) is 14.4. The lowest BCUT2D eigenvalue weighted by atomic mass is 9.61. The first-order valence-corrected chi connectivity index (χ1v) is 25.7. The highest BCUT2D eigenvalue weighted by molar-refractivity contribution is 6.74. The van der Waals surface area contributed by atoms with Crippen molar-refractivity contribution in [2.45, 2.75) is 168 Å². The van der Waals surface area contributed by atoms with Gasteiger partial charge in [0.05, 0.1) is 16.9 Å². The molecule has 4 aliphatic rings. The van der Waals surface area contributed by atoms with Gasteiger partial charge in [0.2, 0.25) is 0 Å². The van der Waals surface area contributed by atoms with Crippen molar-refractivity contribution in [3.63, 3.8) is 0 Å². The van der Waals surface area contributed by atoms with Gasteiger partial charge in [-0.1, -0.05) is 84.8 Å².